The molecule has 0 bridgehead atoms. The van der Waals surface area contributed by atoms with Gasteiger partial charge in [0.25, 0.3) is 5.91 Å². The van der Waals surface area contributed by atoms with Gasteiger partial charge in [0.05, 0.1) is 6.04 Å². The van der Waals surface area contributed by atoms with Crippen LogP contribution >= 0.6 is 11.6 Å². The van der Waals surface area contributed by atoms with Gasteiger partial charge in [-0.3, -0.25) is 9.59 Å². The van der Waals surface area contributed by atoms with Crippen LogP contribution in [0.2, 0.25) is 5.02 Å². The highest BCUT2D eigenvalue weighted by molar-refractivity contribution is 6.31. The van der Waals surface area contributed by atoms with E-state index in [0.717, 1.165) is 34.6 Å². The third-order valence-electron chi connectivity index (χ3n) is 5.15. The van der Waals surface area contributed by atoms with Crippen LogP contribution in [0.1, 0.15) is 45.9 Å². The topological polar surface area (TPSA) is 49.4 Å². The number of benzene rings is 2. The molecule has 26 heavy (non-hydrogen) atoms. The van der Waals surface area contributed by atoms with Crippen LogP contribution in [0.5, 0.6) is 0 Å². The summed E-state index contributed by atoms with van der Waals surface area (Å²) in [5.74, 6) is -0.157. The SMILES string of the molecule is C=C1c2ccccc2C(=O)N1CCC(=O)N[C@@H]1CCc2c(Cl)cccc21. The second-order valence-corrected chi connectivity index (χ2v) is 7.07. The van der Waals surface area contributed by atoms with Crippen molar-refractivity contribution in [2.24, 2.45) is 0 Å². The molecule has 5 heteroatoms. The van der Waals surface area contributed by atoms with E-state index < -0.39 is 0 Å². The highest BCUT2D eigenvalue weighted by atomic mass is 35.5. The van der Waals surface area contributed by atoms with Gasteiger partial charge >= 0.3 is 0 Å². The summed E-state index contributed by atoms with van der Waals surface area (Å²) in [6.07, 6.45) is 1.97. The lowest BCUT2D eigenvalue weighted by molar-refractivity contribution is -0.121. The van der Waals surface area contributed by atoms with Gasteiger partial charge in [0.1, 0.15) is 0 Å². The molecule has 2 amide bonds. The summed E-state index contributed by atoms with van der Waals surface area (Å²) in [6.45, 7) is 4.33. The lowest BCUT2D eigenvalue weighted by Crippen LogP contribution is -2.32. The van der Waals surface area contributed by atoms with Crippen LogP contribution in [0, 0.1) is 0 Å². The van der Waals surface area contributed by atoms with E-state index in [1.807, 2.05) is 36.4 Å². The molecule has 2 aromatic rings. The van der Waals surface area contributed by atoms with Crippen LogP contribution in [0.25, 0.3) is 5.70 Å². The zero-order valence-electron chi connectivity index (χ0n) is 14.3. The lowest BCUT2D eigenvalue weighted by Gasteiger charge is -2.19. The molecule has 1 aliphatic carbocycles. The van der Waals surface area contributed by atoms with Crippen molar-refractivity contribution >= 4 is 29.1 Å². The normalized spacial score (nSPS) is 18.0. The summed E-state index contributed by atoms with van der Waals surface area (Å²) in [4.78, 5) is 26.5. The minimum atomic E-state index is -0.0867. The fourth-order valence-corrected chi connectivity index (χ4v) is 4.09. The Labute approximate surface area is 157 Å². The first-order valence-corrected chi connectivity index (χ1v) is 9.11. The molecule has 2 aromatic carbocycles. The monoisotopic (exact) mass is 366 g/mol. The molecule has 1 heterocycles. The Hall–Kier alpha value is -2.59. The van der Waals surface area contributed by atoms with Crippen LogP contribution in [0.15, 0.2) is 49.0 Å². The minimum Gasteiger partial charge on any atom is -0.349 e. The Bertz CT molecular complexity index is 887. The molecule has 1 aliphatic heterocycles. The second-order valence-electron chi connectivity index (χ2n) is 6.67. The Kier molecular flexibility index (Phi) is 4.29. The molecule has 4 nitrogen and oxygen atoms in total. The first kappa shape index (κ1) is 16.9. The zero-order chi connectivity index (χ0) is 18.3. The van der Waals surface area contributed by atoms with Crippen LogP contribution in [0.3, 0.4) is 0 Å². The molecule has 4 rings (SSSR count). The van der Waals surface area contributed by atoms with Crippen molar-refractivity contribution in [3.63, 3.8) is 0 Å². The number of amides is 2. The standard InChI is InChI=1S/C21H19ClN2O2/c1-13-14-5-2-3-6-17(14)21(26)24(13)12-11-20(25)23-19-10-9-15-16(19)7-4-8-18(15)22/h2-8,19H,1,9-12H2,(H,23,25)/t19-/m1/s1. The minimum absolute atomic E-state index is 0.00845. The van der Waals surface area contributed by atoms with Gasteiger partial charge in [0.2, 0.25) is 5.91 Å². The van der Waals surface area contributed by atoms with Crippen LogP contribution in [0.4, 0.5) is 0 Å². The summed E-state index contributed by atoms with van der Waals surface area (Å²) >= 11 is 6.23. The molecule has 0 aromatic heterocycles. The van der Waals surface area contributed by atoms with Gasteiger partial charge in [0, 0.05) is 34.8 Å². The van der Waals surface area contributed by atoms with E-state index in [4.69, 9.17) is 11.6 Å². The Morgan fingerprint density at radius 2 is 1.96 bits per heavy atom. The molecule has 0 fully saturated rings. The fourth-order valence-electron chi connectivity index (χ4n) is 3.81. The largest absolute Gasteiger partial charge is 0.349 e. The Balaban J connectivity index is 1.38. The average Bonchev–Trinajstić information content (AvgIpc) is 3.15. The maximum atomic E-state index is 12.5. The van der Waals surface area contributed by atoms with E-state index in [-0.39, 0.29) is 24.3 Å². The van der Waals surface area contributed by atoms with Gasteiger partial charge in [-0.05, 0) is 36.1 Å². The van der Waals surface area contributed by atoms with Gasteiger partial charge in [-0.1, -0.05) is 48.5 Å². The van der Waals surface area contributed by atoms with Crippen molar-refractivity contribution in [1.29, 1.82) is 0 Å². The zero-order valence-corrected chi connectivity index (χ0v) is 15.1. The van der Waals surface area contributed by atoms with Crippen molar-refractivity contribution in [2.75, 3.05) is 6.54 Å². The van der Waals surface area contributed by atoms with Gasteiger partial charge < -0.3 is 10.2 Å². The van der Waals surface area contributed by atoms with Gasteiger partial charge in [0.15, 0.2) is 0 Å². The molecule has 0 spiro atoms. The molecule has 0 saturated heterocycles. The summed E-state index contributed by atoms with van der Waals surface area (Å²) in [5.41, 5.74) is 4.38. The second kappa shape index (κ2) is 6.61. The van der Waals surface area contributed by atoms with Crippen molar-refractivity contribution in [1.82, 2.24) is 10.2 Å². The molecule has 2 aliphatic rings. The number of halogens is 1. The highest BCUT2D eigenvalue weighted by Gasteiger charge is 2.31. The van der Waals surface area contributed by atoms with E-state index in [1.54, 1.807) is 11.0 Å². The van der Waals surface area contributed by atoms with Crippen molar-refractivity contribution < 1.29 is 9.59 Å². The quantitative estimate of drug-likeness (QED) is 0.890. The molecule has 0 unspecified atom stereocenters. The van der Waals surface area contributed by atoms with E-state index in [2.05, 4.69) is 11.9 Å². The Morgan fingerprint density at radius 3 is 2.73 bits per heavy atom. The first-order valence-electron chi connectivity index (χ1n) is 8.73. The molecular weight excluding hydrogens is 348 g/mol. The number of nitrogens with one attached hydrogen (secondary N) is 1. The number of hydrogen-bond donors (Lipinski definition) is 1. The molecular formula is C21H19ClN2O2. The van der Waals surface area contributed by atoms with E-state index in [0.29, 0.717) is 17.8 Å². The number of hydrogen-bond acceptors (Lipinski definition) is 2. The summed E-state index contributed by atoms with van der Waals surface area (Å²) in [7, 11) is 0. The Morgan fingerprint density at radius 1 is 1.19 bits per heavy atom. The van der Waals surface area contributed by atoms with E-state index >= 15 is 0 Å². The predicted molar refractivity (Wildman–Crippen MR) is 102 cm³/mol. The molecule has 0 radical (unpaired) electrons. The molecule has 132 valence electrons. The third kappa shape index (κ3) is 2.80. The third-order valence-corrected chi connectivity index (χ3v) is 5.50. The van der Waals surface area contributed by atoms with Gasteiger partial charge in [-0.25, -0.2) is 0 Å². The maximum absolute atomic E-state index is 12.5. The summed E-state index contributed by atoms with van der Waals surface area (Å²) < 4.78 is 0. The van der Waals surface area contributed by atoms with Crippen molar-refractivity contribution in [3.05, 3.63) is 76.3 Å². The van der Waals surface area contributed by atoms with Gasteiger partial charge in [-0.2, -0.15) is 0 Å². The van der Waals surface area contributed by atoms with Crippen LogP contribution in [-0.2, 0) is 11.2 Å². The van der Waals surface area contributed by atoms with Gasteiger partial charge in [-0.15, -0.1) is 0 Å². The van der Waals surface area contributed by atoms with Crippen LogP contribution < -0.4 is 5.32 Å². The fraction of sp³-hybridized carbons (Fsp3) is 0.238. The molecule has 1 N–H and O–H groups in total. The molecule has 1 atom stereocenters. The number of carbonyl (C=O) groups is 2. The smallest absolute Gasteiger partial charge is 0.258 e. The maximum Gasteiger partial charge on any atom is 0.258 e. The lowest BCUT2D eigenvalue weighted by atomic mass is 10.1. The summed E-state index contributed by atoms with van der Waals surface area (Å²) in [5, 5.41) is 3.83. The number of nitrogens with zero attached hydrogens (tertiary/aromatic N) is 1. The predicted octanol–water partition coefficient (Wildman–Crippen LogP) is 3.96. The van der Waals surface area contributed by atoms with Crippen molar-refractivity contribution in [2.45, 2.75) is 25.3 Å². The van der Waals surface area contributed by atoms with E-state index in [1.165, 1.54) is 0 Å². The van der Waals surface area contributed by atoms with E-state index in [9.17, 15) is 9.59 Å². The van der Waals surface area contributed by atoms with Crippen molar-refractivity contribution in [3.8, 4) is 0 Å². The highest BCUT2D eigenvalue weighted by Crippen LogP contribution is 2.35. The number of rotatable bonds is 4. The summed E-state index contributed by atoms with van der Waals surface area (Å²) in [6, 6.07) is 13.2. The van der Waals surface area contributed by atoms with Crippen LogP contribution in [-0.4, -0.2) is 23.3 Å². The number of fused-ring (bicyclic) bond motifs is 2. The number of carbonyl (C=O) groups excluding carboxylic acids is 2. The average molecular weight is 367 g/mol. The first-order chi connectivity index (χ1) is 12.6. The molecule has 0 saturated carbocycles.